The number of fused-ring (bicyclic) bond motifs is 2. The van der Waals surface area contributed by atoms with Crippen LogP contribution < -0.4 is 20.7 Å². The molecular formula is C44H54N12O5. The number of aromatic nitrogens is 6. The molecule has 3 aliphatic rings. The lowest BCUT2D eigenvalue weighted by Crippen LogP contribution is -2.37. The van der Waals surface area contributed by atoms with Crippen LogP contribution in [0.4, 0.5) is 23.3 Å². The number of para-hydroxylation sites is 2. The fraction of sp³-hybridized carbons (Fsp3) is 0.409. The van der Waals surface area contributed by atoms with Gasteiger partial charge in [-0.3, -0.25) is 10.9 Å². The number of nitrogens with zero attached hydrogens (tertiary/aromatic N) is 8. The number of hydrogen-bond acceptors (Lipinski definition) is 15. The molecule has 3 fully saturated rings. The fourth-order valence-corrected chi connectivity index (χ4v) is 7.28. The molecule has 0 radical (unpaired) electrons. The Balaban J connectivity index is 0.000000169. The van der Waals surface area contributed by atoms with Gasteiger partial charge in [-0.05, 0) is 25.0 Å². The third kappa shape index (κ3) is 11.6. The summed E-state index contributed by atoms with van der Waals surface area (Å²) in [6.07, 6.45) is 11.3. The SMILES string of the molecule is C(=N/Nc1cc(N2CCOCC2)nc(CCC2OCCCO2)n1)/c1c[nH]c2ccccc12.COCCCc1nc(N/N=C\c2c[nH]c3ccccc23)cc(N2CCOCC2)n1. The van der Waals surface area contributed by atoms with Crippen molar-refractivity contribution in [3.05, 3.63) is 95.8 Å². The summed E-state index contributed by atoms with van der Waals surface area (Å²) < 4.78 is 27.4. The van der Waals surface area contributed by atoms with Gasteiger partial charge in [-0.25, -0.2) is 19.9 Å². The predicted molar refractivity (Wildman–Crippen MR) is 238 cm³/mol. The van der Waals surface area contributed by atoms with E-state index in [-0.39, 0.29) is 6.29 Å². The lowest BCUT2D eigenvalue weighted by Gasteiger charge is -2.28. The van der Waals surface area contributed by atoms with Crippen LogP contribution in [0.1, 0.15) is 42.0 Å². The first kappa shape index (κ1) is 41.7. The summed E-state index contributed by atoms with van der Waals surface area (Å²) in [6, 6.07) is 20.2. The summed E-state index contributed by atoms with van der Waals surface area (Å²) in [4.78, 5) is 29.8. The van der Waals surface area contributed by atoms with Crippen molar-refractivity contribution >= 4 is 57.5 Å². The Hall–Kier alpha value is -5.98. The number of benzene rings is 2. The average molecular weight is 831 g/mol. The van der Waals surface area contributed by atoms with Gasteiger partial charge in [-0.15, -0.1) is 0 Å². The predicted octanol–water partition coefficient (Wildman–Crippen LogP) is 5.76. The summed E-state index contributed by atoms with van der Waals surface area (Å²) >= 11 is 0. The molecule has 0 aliphatic carbocycles. The van der Waals surface area contributed by atoms with Crippen molar-refractivity contribution in [3.8, 4) is 0 Å². The number of rotatable bonds is 15. The highest BCUT2D eigenvalue weighted by Gasteiger charge is 2.19. The highest BCUT2D eigenvalue weighted by Crippen LogP contribution is 2.22. The number of nitrogens with one attached hydrogen (secondary N) is 4. The molecule has 3 aliphatic heterocycles. The van der Waals surface area contributed by atoms with Crippen molar-refractivity contribution in [2.75, 3.05) is 100 Å². The number of H-pyrrole nitrogens is 2. The van der Waals surface area contributed by atoms with Crippen LogP contribution in [0.2, 0.25) is 0 Å². The van der Waals surface area contributed by atoms with Crippen LogP contribution in [-0.4, -0.2) is 128 Å². The van der Waals surface area contributed by atoms with Crippen LogP contribution in [0, 0.1) is 0 Å². The zero-order valence-corrected chi connectivity index (χ0v) is 34.6. The topological polar surface area (TPSA) is 185 Å². The van der Waals surface area contributed by atoms with Crippen molar-refractivity contribution in [2.24, 2.45) is 10.2 Å². The van der Waals surface area contributed by atoms with Crippen molar-refractivity contribution in [3.63, 3.8) is 0 Å². The quantitative estimate of drug-likeness (QED) is 0.0558. The van der Waals surface area contributed by atoms with Gasteiger partial charge in [0.25, 0.3) is 0 Å². The molecule has 0 bridgehead atoms. The van der Waals surface area contributed by atoms with E-state index in [0.717, 1.165) is 121 Å². The third-order valence-electron chi connectivity index (χ3n) is 10.4. The molecule has 17 heteroatoms. The molecule has 17 nitrogen and oxygen atoms in total. The molecule has 4 aromatic heterocycles. The molecule has 0 spiro atoms. The molecule has 4 N–H and O–H groups in total. The van der Waals surface area contributed by atoms with E-state index in [1.165, 1.54) is 0 Å². The van der Waals surface area contributed by atoms with Gasteiger partial charge in [-0.2, -0.15) is 10.2 Å². The lowest BCUT2D eigenvalue weighted by molar-refractivity contribution is -0.180. The smallest absolute Gasteiger partial charge is 0.158 e. The molecule has 0 amide bonds. The fourth-order valence-electron chi connectivity index (χ4n) is 7.28. The molecule has 3 saturated heterocycles. The molecule has 6 aromatic rings. The summed E-state index contributed by atoms with van der Waals surface area (Å²) in [7, 11) is 1.71. The largest absolute Gasteiger partial charge is 0.385 e. The number of hydrogen-bond donors (Lipinski definition) is 4. The second-order valence-electron chi connectivity index (χ2n) is 14.7. The molecule has 61 heavy (non-hydrogen) atoms. The van der Waals surface area contributed by atoms with E-state index in [9.17, 15) is 0 Å². The summed E-state index contributed by atoms with van der Waals surface area (Å²) in [5.74, 6) is 4.67. The zero-order valence-electron chi connectivity index (χ0n) is 34.6. The average Bonchev–Trinajstić information content (AvgIpc) is 3.93. The van der Waals surface area contributed by atoms with Gasteiger partial charge in [0, 0.05) is 117 Å². The zero-order chi connectivity index (χ0) is 41.5. The number of anilines is 4. The Morgan fingerprint density at radius 2 is 1.20 bits per heavy atom. The Kier molecular flexibility index (Phi) is 14.7. The highest BCUT2D eigenvalue weighted by atomic mass is 16.7. The van der Waals surface area contributed by atoms with E-state index in [2.05, 4.69) is 62.9 Å². The van der Waals surface area contributed by atoms with Crippen LogP contribution in [-0.2, 0) is 36.5 Å². The molecule has 320 valence electrons. The van der Waals surface area contributed by atoms with Gasteiger partial charge in [0.15, 0.2) is 17.9 Å². The lowest BCUT2D eigenvalue weighted by atomic mass is 10.2. The Morgan fingerprint density at radius 1 is 0.689 bits per heavy atom. The van der Waals surface area contributed by atoms with E-state index < -0.39 is 0 Å². The molecule has 7 heterocycles. The number of ether oxygens (including phenoxy) is 5. The first-order valence-corrected chi connectivity index (χ1v) is 21.0. The van der Waals surface area contributed by atoms with Gasteiger partial charge < -0.3 is 43.5 Å². The highest BCUT2D eigenvalue weighted by molar-refractivity contribution is 5.99. The first-order chi connectivity index (χ1) is 30.2. The van der Waals surface area contributed by atoms with E-state index in [1.54, 1.807) is 19.5 Å². The number of aryl methyl sites for hydroxylation is 2. The Labute approximate surface area is 354 Å². The maximum atomic E-state index is 5.67. The van der Waals surface area contributed by atoms with Gasteiger partial charge in [0.2, 0.25) is 0 Å². The summed E-state index contributed by atoms with van der Waals surface area (Å²) in [5, 5.41) is 11.1. The van der Waals surface area contributed by atoms with Crippen molar-refractivity contribution in [2.45, 2.75) is 38.4 Å². The standard InChI is InChI=1S/C23H28N6O3.C21H26N6O2/c1-2-5-19-18(4-1)17(15-24-19)16-25-28-21-14-22(29-8-12-30-13-9-29)27-20(26-21)6-7-23-31-10-3-11-32-23;1-28-10-4-7-19-24-20(13-21(25-19)27-8-11-29-12-9-27)26-23-15-16-14-22-18-6-3-2-5-17(16)18/h1-2,4-5,14-16,23-24H,3,6-13H2,(H,26,27,28);2-3,5-6,13-15,22H,4,7-12H2,1H3,(H,24,25,26)/b25-16-;23-15-. The number of morpholine rings is 2. The van der Waals surface area contributed by atoms with E-state index in [1.807, 2.05) is 60.9 Å². The molecule has 9 rings (SSSR count). The van der Waals surface area contributed by atoms with Crippen LogP contribution >= 0.6 is 0 Å². The van der Waals surface area contributed by atoms with Crippen LogP contribution in [0.3, 0.4) is 0 Å². The minimum Gasteiger partial charge on any atom is -0.385 e. The van der Waals surface area contributed by atoms with Gasteiger partial charge in [0.1, 0.15) is 23.3 Å². The third-order valence-corrected chi connectivity index (χ3v) is 10.4. The van der Waals surface area contributed by atoms with Gasteiger partial charge in [-0.1, -0.05) is 36.4 Å². The number of hydrazone groups is 2. The van der Waals surface area contributed by atoms with Crippen molar-refractivity contribution in [1.82, 2.24) is 29.9 Å². The molecule has 2 aromatic carbocycles. The molecular weight excluding hydrogens is 777 g/mol. The summed E-state index contributed by atoms with van der Waals surface area (Å²) in [5.41, 5.74) is 10.4. The molecule has 0 atom stereocenters. The molecule has 0 saturated carbocycles. The maximum Gasteiger partial charge on any atom is 0.158 e. The minimum absolute atomic E-state index is 0.185. The van der Waals surface area contributed by atoms with Crippen LogP contribution in [0.15, 0.2) is 83.3 Å². The number of methoxy groups -OCH3 is 1. The maximum absolute atomic E-state index is 5.67. The second kappa shape index (κ2) is 21.5. The van der Waals surface area contributed by atoms with E-state index in [0.29, 0.717) is 51.1 Å². The monoisotopic (exact) mass is 830 g/mol. The van der Waals surface area contributed by atoms with Gasteiger partial charge in [0.05, 0.1) is 52.1 Å². The van der Waals surface area contributed by atoms with Crippen molar-refractivity contribution < 1.29 is 23.7 Å². The van der Waals surface area contributed by atoms with Crippen molar-refractivity contribution in [1.29, 1.82) is 0 Å². The second-order valence-corrected chi connectivity index (χ2v) is 14.7. The minimum atomic E-state index is -0.185. The Morgan fingerprint density at radius 3 is 1.72 bits per heavy atom. The van der Waals surface area contributed by atoms with Gasteiger partial charge >= 0.3 is 0 Å². The number of aromatic amines is 2. The summed E-state index contributed by atoms with van der Waals surface area (Å²) in [6.45, 7) is 8.27. The van der Waals surface area contributed by atoms with Crippen LogP contribution in [0.5, 0.6) is 0 Å². The van der Waals surface area contributed by atoms with E-state index >= 15 is 0 Å². The van der Waals surface area contributed by atoms with Crippen LogP contribution in [0.25, 0.3) is 21.8 Å². The first-order valence-electron chi connectivity index (χ1n) is 21.0. The van der Waals surface area contributed by atoms with E-state index in [4.69, 9.17) is 33.7 Å². The Bertz CT molecular complexity index is 2350. The normalized spacial score (nSPS) is 16.4. The molecule has 0 unspecified atom stereocenters.